The lowest BCUT2D eigenvalue weighted by atomic mass is 9.98. The quantitative estimate of drug-likeness (QED) is 0.351. The van der Waals surface area contributed by atoms with Crippen molar-refractivity contribution in [1.82, 2.24) is 0 Å². The van der Waals surface area contributed by atoms with Gasteiger partial charge in [0.2, 0.25) is 0 Å². The number of hydrogen-bond donors (Lipinski definition) is 1. The van der Waals surface area contributed by atoms with Crippen LogP contribution in [0.3, 0.4) is 0 Å². The zero-order valence-corrected chi connectivity index (χ0v) is 20.8. The molecule has 2 N–H and O–H groups in total. The molecule has 0 fully saturated rings. The molecule has 7 heteroatoms. The van der Waals surface area contributed by atoms with Gasteiger partial charge in [-0.1, -0.05) is 42.5 Å². The summed E-state index contributed by atoms with van der Waals surface area (Å²) in [6.07, 6.45) is 3.85. The van der Waals surface area contributed by atoms with Crippen molar-refractivity contribution < 1.29 is 9.59 Å². The maximum atomic E-state index is 13.1. The van der Waals surface area contributed by atoms with Gasteiger partial charge >= 0.3 is 0 Å². The average Bonchev–Trinajstić information content (AvgIpc) is 3.54. The van der Waals surface area contributed by atoms with Gasteiger partial charge in [0.15, 0.2) is 5.71 Å². The molecule has 0 radical (unpaired) electrons. The molecule has 1 aromatic heterocycles. The maximum Gasteiger partial charge on any atom is 0.281 e. The van der Waals surface area contributed by atoms with Crippen LogP contribution in [-0.4, -0.2) is 24.1 Å². The van der Waals surface area contributed by atoms with E-state index in [1.165, 1.54) is 21.9 Å². The molecule has 0 spiro atoms. The first-order valence-electron chi connectivity index (χ1n) is 12.1. The molecule has 37 heavy (non-hydrogen) atoms. The number of thiophene rings is 1. The number of anilines is 3. The first kappa shape index (κ1) is 22.9. The van der Waals surface area contributed by atoms with Crippen molar-refractivity contribution in [3.05, 3.63) is 107 Å². The monoisotopic (exact) mass is 504 g/mol. The Morgan fingerprint density at radius 1 is 0.919 bits per heavy atom. The van der Waals surface area contributed by atoms with Gasteiger partial charge in [-0.2, -0.15) is 10.1 Å². The van der Waals surface area contributed by atoms with Gasteiger partial charge in [0.25, 0.3) is 11.8 Å². The Labute approximate surface area is 219 Å². The summed E-state index contributed by atoms with van der Waals surface area (Å²) in [7, 11) is 0. The Morgan fingerprint density at radius 2 is 1.65 bits per heavy atom. The van der Waals surface area contributed by atoms with E-state index in [9.17, 15) is 9.59 Å². The Kier molecular flexibility index (Phi) is 5.90. The summed E-state index contributed by atoms with van der Waals surface area (Å²) in [5.74, 6) is -1.10. The molecule has 0 unspecified atom stereocenters. The zero-order chi connectivity index (χ0) is 25.4. The van der Waals surface area contributed by atoms with Gasteiger partial charge in [-0.05, 0) is 78.6 Å². The lowest BCUT2D eigenvalue weighted by molar-refractivity contribution is -0.115. The smallest absolute Gasteiger partial charge is 0.281 e. The molecule has 182 valence electrons. The lowest BCUT2D eigenvalue weighted by Crippen LogP contribution is -2.25. The zero-order valence-electron chi connectivity index (χ0n) is 20.0. The summed E-state index contributed by atoms with van der Waals surface area (Å²) in [5, 5.41) is 5.44. The van der Waals surface area contributed by atoms with Crippen LogP contribution >= 0.6 is 11.3 Å². The minimum Gasteiger partial charge on any atom is -0.364 e. The molecular weight excluding hydrogens is 480 g/mol. The fourth-order valence-electron chi connectivity index (χ4n) is 4.83. The van der Waals surface area contributed by atoms with Crippen LogP contribution in [0.4, 0.5) is 17.1 Å². The summed E-state index contributed by atoms with van der Waals surface area (Å²) >= 11 is 1.57. The second-order valence-corrected chi connectivity index (χ2v) is 10.1. The number of carbonyl (C=O) groups is 2. The fraction of sp³-hybridized carbons (Fsp3) is 0.100. The van der Waals surface area contributed by atoms with Crippen molar-refractivity contribution in [3.8, 4) is 10.4 Å². The Bertz CT molecular complexity index is 1560. The molecule has 0 aliphatic carbocycles. The van der Waals surface area contributed by atoms with Gasteiger partial charge in [-0.25, -0.2) is 0 Å². The molecule has 2 aliphatic heterocycles. The van der Waals surface area contributed by atoms with Crippen LogP contribution in [0.1, 0.15) is 16.9 Å². The third-order valence-electron chi connectivity index (χ3n) is 6.58. The Balaban J connectivity index is 1.29. The molecule has 2 amide bonds. The number of nitrogens with two attached hydrogens (primary N) is 1. The summed E-state index contributed by atoms with van der Waals surface area (Å²) < 4.78 is 0. The number of hydrazone groups is 1. The first-order valence-corrected chi connectivity index (χ1v) is 13.0. The average molecular weight is 505 g/mol. The van der Waals surface area contributed by atoms with Gasteiger partial charge in [0.1, 0.15) is 0 Å². The van der Waals surface area contributed by atoms with Crippen molar-refractivity contribution in [2.75, 3.05) is 16.5 Å². The fourth-order valence-corrected chi connectivity index (χ4v) is 5.77. The molecule has 0 saturated heterocycles. The summed E-state index contributed by atoms with van der Waals surface area (Å²) in [5.41, 5.74) is 11.2. The van der Waals surface area contributed by atoms with Gasteiger partial charge in [0.05, 0.1) is 11.3 Å². The van der Waals surface area contributed by atoms with Crippen LogP contribution in [0, 0.1) is 0 Å². The Hall–Kier alpha value is -4.49. The largest absolute Gasteiger partial charge is 0.364 e. The summed E-state index contributed by atoms with van der Waals surface area (Å²) in [6, 6.07) is 30.1. The minimum atomic E-state index is -0.729. The predicted molar refractivity (Wildman–Crippen MR) is 150 cm³/mol. The van der Waals surface area contributed by atoms with Crippen LogP contribution in [0.15, 0.2) is 102 Å². The number of nitrogens with zero attached hydrogens (tertiary/aromatic N) is 3. The highest BCUT2D eigenvalue weighted by molar-refractivity contribution is 7.16. The number of para-hydroxylation sites is 2. The second-order valence-electron chi connectivity index (χ2n) is 8.96. The lowest BCUT2D eigenvalue weighted by Gasteiger charge is -2.31. The van der Waals surface area contributed by atoms with Gasteiger partial charge in [-0.15, -0.1) is 11.3 Å². The van der Waals surface area contributed by atoms with E-state index in [1.54, 1.807) is 29.5 Å². The van der Waals surface area contributed by atoms with Crippen LogP contribution in [0.2, 0.25) is 0 Å². The number of primary amides is 1. The third kappa shape index (κ3) is 4.34. The molecule has 6 nitrogen and oxygen atoms in total. The highest BCUT2D eigenvalue weighted by Gasteiger charge is 2.34. The highest BCUT2D eigenvalue weighted by atomic mass is 32.1. The number of rotatable bonds is 5. The molecule has 3 aromatic carbocycles. The molecule has 0 bridgehead atoms. The predicted octanol–water partition coefficient (Wildman–Crippen LogP) is 5.77. The van der Waals surface area contributed by atoms with E-state index in [0.717, 1.165) is 34.7 Å². The van der Waals surface area contributed by atoms with Gasteiger partial charge in [-0.3, -0.25) is 9.59 Å². The van der Waals surface area contributed by atoms with E-state index in [0.29, 0.717) is 5.69 Å². The number of benzene rings is 3. The molecule has 6 rings (SSSR count). The van der Waals surface area contributed by atoms with Crippen molar-refractivity contribution in [1.29, 1.82) is 0 Å². The number of hydrogen-bond acceptors (Lipinski definition) is 5. The van der Waals surface area contributed by atoms with Crippen molar-refractivity contribution in [3.63, 3.8) is 0 Å². The molecular formula is C30H24N4O2S. The van der Waals surface area contributed by atoms with Crippen LogP contribution in [0.25, 0.3) is 16.5 Å². The van der Waals surface area contributed by atoms with Crippen LogP contribution in [0.5, 0.6) is 0 Å². The summed E-state index contributed by atoms with van der Waals surface area (Å²) in [6.45, 7) is 1.00. The maximum absolute atomic E-state index is 13.1. The third-order valence-corrected chi connectivity index (χ3v) is 7.66. The molecule has 2 aliphatic rings. The topological polar surface area (TPSA) is 79.0 Å². The second kappa shape index (κ2) is 9.52. The van der Waals surface area contributed by atoms with E-state index < -0.39 is 5.91 Å². The SMILES string of the molecule is NC(=O)C1=NN(c2ccccc2)C(=O)C1=Cc1ccc(-c2ccc3c(c2)CCCN3c2ccccc2)s1. The standard InChI is InChI=1S/C30H24N4O2S/c31-29(35)28-25(30(36)34(32-28)23-11-5-2-6-12-23)19-24-14-16-27(37-24)21-13-15-26-20(18-21)8-7-17-33(26)22-9-3-1-4-10-22/h1-6,9-16,18-19H,7-8,17H2,(H2,31,35). The van der Waals surface area contributed by atoms with E-state index in [1.807, 2.05) is 36.4 Å². The van der Waals surface area contributed by atoms with Crippen LogP contribution < -0.4 is 15.6 Å². The highest BCUT2D eigenvalue weighted by Crippen LogP contribution is 2.38. The number of amides is 2. The van der Waals surface area contributed by atoms with Gasteiger partial charge < -0.3 is 10.6 Å². The van der Waals surface area contributed by atoms with Gasteiger partial charge in [0, 0.05) is 27.7 Å². The summed E-state index contributed by atoms with van der Waals surface area (Å²) in [4.78, 5) is 29.6. The first-order chi connectivity index (χ1) is 18.1. The van der Waals surface area contributed by atoms with Crippen molar-refractivity contribution in [2.24, 2.45) is 10.8 Å². The molecule has 0 atom stereocenters. The number of fused-ring (bicyclic) bond motifs is 1. The van der Waals surface area contributed by atoms with Crippen molar-refractivity contribution in [2.45, 2.75) is 12.8 Å². The Morgan fingerprint density at radius 3 is 2.38 bits per heavy atom. The molecule has 3 heterocycles. The van der Waals surface area contributed by atoms with E-state index >= 15 is 0 Å². The molecule has 4 aromatic rings. The minimum absolute atomic E-state index is 0.0291. The van der Waals surface area contributed by atoms with Crippen LogP contribution in [-0.2, 0) is 16.0 Å². The van der Waals surface area contributed by atoms with E-state index in [2.05, 4.69) is 52.5 Å². The van der Waals surface area contributed by atoms with E-state index in [4.69, 9.17) is 5.73 Å². The molecule has 0 saturated carbocycles. The normalized spacial score (nSPS) is 16.2. The number of aryl methyl sites for hydroxylation is 1. The van der Waals surface area contributed by atoms with E-state index in [-0.39, 0.29) is 17.2 Å². The van der Waals surface area contributed by atoms with Crippen molar-refractivity contribution >= 4 is 52.0 Å². The number of carbonyl (C=O) groups excluding carboxylic acids is 2.